The van der Waals surface area contributed by atoms with Gasteiger partial charge in [0, 0.05) is 51.2 Å². The Hall–Kier alpha value is -2.60. The summed E-state index contributed by atoms with van der Waals surface area (Å²) in [4.78, 5) is 24.1. The molecule has 146 valence electrons. The van der Waals surface area contributed by atoms with Crippen LogP contribution in [-0.2, 0) is 11.3 Å². The summed E-state index contributed by atoms with van der Waals surface area (Å²) in [6.07, 6.45) is 3.98. The van der Waals surface area contributed by atoms with Crippen LogP contribution in [0.25, 0.3) is 0 Å². The van der Waals surface area contributed by atoms with Crippen molar-refractivity contribution in [1.29, 1.82) is 0 Å². The molecule has 3 aliphatic heterocycles. The smallest absolute Gasteiger partial charge is 0.247 e. The zero-order valence-corrected chi connectivity index (χ0v) is 16.4. The Morgan fingerprint density at radius 1 is 1.11 bits per heavy atom. The maximum Gasteiger partial charge on any atom is 0.247 e. The van der Waals surface area contributed by atoms with Gasteiger partial charge in [0.15, 0.2) is 5.82 Å². The number of fused-ring (bicyclic) bond motifs is 3. The number of amides is 1. The highest BCUT2D eigenvalue weighted by Crippen LogP contribution is 2.35. The van der Waals surface area contributed by atoms with Crippen molar-refractivity contribution in [1.82, 2.24) is 9.88 Å². The van der Waals surface area contributed by atoms with Crippen molar-refractivity contribution < 1.29 is 4.79 Å². The van der Waals surface area contributed by atoms with Crippen LogP contribution in [0, 0.1) is 6.92 Å². The van der Waals surface area contributed by atoms with Crippen molar-refractivity contribution in [2.24, 2.45) is 0 Å². The van der Waals surface area contributed by atoms with Gasteiger partial charge in [-0.1, -0.05) is 17.7 Å². The highest BCUT2D eigenvalue weighted by Gasteiger charge is 2.37. The molecule has 1 N–H and O–H groups in total. The Kier molecular flexibility index (Phi) is 4.43. The van der Waals surface area contributed by atoms with Gasteiger partial charge in [-0.2, -0.15) is 0 Å². The Labute approximate surface area is 166 Å². The molecule has 0 unspecified atom stereocenters. The maximum absolute atomic E-state index is 12.3. The van der Waals surface area contributed by atoms with Gasteiger partial charge in [-0.25, -0.2) is 4.98 Å². The van der Waals surface area contributed by atoms with Gasteiger partial charge in [0.05, 0.1) is 5.69 Å². The van der Waals surface area contributed by atoms with Gasteiger partial charge in [-0.15, -0.1) is 0 Å². The van der Waals surface area contributed by atoms with Crippen LogP contribution in [0.15, 0.2) is 36.5 Å². The molecule has 0 bridgehead atoms. The molecule has 3 aliphatic rings. The summed E-state index contributed by atoms with van der Waals surface area (Å²) in [6, 6.07) is 10.9. The van der Waals surface area contributed by atoms with Crippen LogP contribution >= 0.6 is 0 Å². The van der Waals surface area contributed by atoms with Crippen LogP contribution in [-0.4, -0.2) is 54.6 Å². The molecule has 6 nitrogen and oxygen atoms in total. The average molecular weight is 377 g/mol. The van der Waals surface area contributed by atoms with Gasteiger partial charge in [0.2, 0.25) is 5.91 Å². The van der Waals surface area contributed by atoms with Crippen LogP contribution in [0.4, 0.5) is 17.2 Å². The van der Waals surface area contributed by atoms with E-state index in [1.165, 1.54) is 16.8 Å². The minimum Gasteiger partial charge on any atom is -0.369 e. The van der Waals surface area contributed by atoms with E-state index in [0.29, 0.717) is 0 Å². The number of nitrogens with one attached hydrogen (secondary N) is 1. The van der Waals surface area contributed by atoms with Crippen molar-refractivity contribution >= 4 is 23.1 Å². The van der Waals surface area contributed by atoms with Gasteiger partial charge in [-0.05, 0) is 43.5 Å². The molecule has 1 atom stereocenters. The van der Waals surface area contributed by atoms with Crippen LogP contribution < -0.4 is 15.1 Å². The lowest BCUT2D eigenvalue weighted by molar-refractivity contribution is -0.117. The number of nitrogens with zero attached hydrogens (tertiary/aromatic N) is 4. The quantitative estimate of drug-likeness (QED) is 0.891. The summed E-state index contributed by atoms with van der Waals surface area (Å²) < 4.78 is 0. The summed E-state index contributed by atoms with van der Waals surface area (Å²) in [5.74, 6) is 1.06. The minimum absolute atomic E-state index is 0.0271. The number of hydrogen-bond acceptors (Lipinski definition) is 5. The highest BCUT2D eigenvalue weighted by molar-refractivity contribution is 6.03. The SMILES string of the molecule is Cc1ccc(N2CCN(Cc3cnc4c(c3)NC(=O)[C@@H]3CCCN43)CC2)cc1. The average Bonchev–Trinajstić information content (AvgIpc) is 3.20. The number of carbonyl (C=O) groups excluding carboxylic acids is 1. The fourth-order valence-electron chi connectivity index (χ4n) is 4.59. The van der Waals surface area contributed by atoms with Gasteiger partial charge in [0.25, 0.3) is 0 Å². The van der Waals surface area contributed by atoms with E-state index in [2.05, 4.69) is 57.3 Å². The molecule has 2 saturated heterocycles. The summed E-state index contributed by atoms with van der Waals surface area (Å²) in [7, 11) is 0. The first-order valence-electron chi connectivity index (χ1n) is 10.3. The molecular weight excluding hydrogens is 350 g/mol. The number of anilines is 3. The van der Waals surface area contributed by atoms with E-state index in [9.17, 15) is 4.79 Å². The first-order valence-corrected chi connectivity index (χ1v) is 10.3. The third-order valence-corrected chi connectivity index (χ3v) is 6.19. The fourth-order valence-corrected chi connectivity index (χ4v) is 4.59. The van der Waals surface area contributed by atoms with E-state index >= 15 is 0 Å². The number of aryl methyl sites for hydroxylation is 1. The molecule has 2 aromatic rings. The largest absolute Gasteiger partial charge is 0.369 e. The Bertz CT molecular complexity index is 873. The molecule has 0 spiro atoms. The van der Waals surface area contributed by atoms with Crippen LogP contribution in [0.5, 0.6) is 0 Å². The lowest BCUT2D eigenvalue weighted by atomic mass is 10.1. The molecule has 1 amide bonds. The van der Waals surface area contributed by atoms with Crippen molar-refractivity contribution in [2.75, 3.05) is 47.8 Å². The van der Waals surface area contributed by atoms with Crippen LogP contribution in [0.1, 0.15) is 24.0 Å². The number of piperazine rings is 1. The molecule has 0 aliphatic carbocycles. The number of benzene rings is 1. The van der Waals surface area contributed by atoms with E-state index < -0.39 is 0 Å². The first kappa shape index (κ1) is 17.5. The Balaban J connectivity index is 1.23. The molecule has 6 heteroatoms. The van der Waals surface area contributed by atoms with E-state index in [4.69, 9.17) is 4.98 Å². The lowest BCUT2D eigenvalue weighted by Gasteiger charge is -2.36. The third kappa shape index (κ3) is 3.22. The van der Waals surface area contributed by atoms with Crippen LogP contribution in [0.2, 0.25) is 0 Å². The topological polar surface area (TPSA) is 51.7 Å². The van der Waals surface area contributed by atoms with Gasteiger partial charge < -0.3 is 15.1 Å². The number of pyridine rings is 1. The zero-order chi connectivity index (χ0) is 19.1. The molecule has 0 saturated carbocycles. The molecular formula is C22H27N5O. The number of aromatic nitrogens is 1. The summed E-state index contributed by atoms with van der Waals surface area (Å²) >= 11 is 0. The normalized spacial score (nSPS) is 22.0. The first-order chi connectivity index (χ1) is 13.7. The second-order valence-corrected chi connectivity index (χ2v) is 8.15. The standard InChI is InChI=1S/C22H27N5O/c1-16-4-6-18(7-5-16)26-11-9-25(10-12-26)15-17-13-19-21(23-14-17)27-8-2-3-20(27)22(28)24-19/h4-7,13-14,20H,2-3,8-12,15H2,1H3,(H,24,28)/t20-/m0/s1. The second kappa shape index (κ2) is 7.09. The highest BCUT2D eigenvalue weighted by atomic mass is 16.2. The monoisotopic (exact) mass is 377 g/mol. The molecule has 2 fully saturated rings. The Morgan fingerprint density at radius 3 is 2.68 bits per heavy atom. The maximum atomic E-state index is 12.3. The van der Waals surface area contributed by atoms with E-state index in [0.717, 1.165) is 63.6 Å². The van der Waals surface area contributed by atoms with Gasteiger partial charge in [0.1, 0.15) is 6.04 Å². The van der Waals surface area contributed by atoms with Crippen LogP contribution in [0.3, 0.4) is 0 Å². The van der Waals surface area contributed by atoms with E-state index in [1.807, 2.05) is 6.20 Å². The Morgan fingerprint density at radius 2 is 1.89 bits per heavy atom. The summed E-state index contributed by atoms with van der Waals surface area (Å²) in [5.41, 5.74) is 4.65. The van der Waals surface area contributed by atoms with Crippen molar-refractivity contribution in [2.45, 2.75) is 32.4 Å². The summed E-state index contributed by atoms with van der Waals surface area (Å²) in [6.45, 7) is 8.07. The number of hydrogen-bond donors (Lipinski definition) is 1. The fraction of sp³-hybridized carbons (Fsp3) is 0.455. The van der Waals surface area contributed by atoms with Crippen molar-refractivity contribution in [3.63, 3.8) is 0 Å². The molecule has 1 aromatic carbocycles. The molecule has 28 heavy (non-hydrogen) atoms. The van der Waals surface area contributed by atoms with Crippen molar-refractivity contribution in [3.05, 3.63) is 47.7 Å². The van der Waals surface area contributed by atoms with Gasteiger partial charge >= 0.3 is 0 Å². The predicted molar refractivity (Wildman–Crippen MR) is 112 cm³/mol. The molecule has 5 rings (SSSR count). The predicted octanol–water partition coefficient (Wildman–Crippen LogP) is 2.63. The van der Waals surface area contributed by atoms with Crippen molar-refractivity contribution in [3.8, 4) is 0 Å². The summed E-state index contributed by atoms with van der Waals surface area (Å²) in [5, 5.41) is 3.07. The molecule has 4 heterocycles. The second-order valence-electron chi connectivity index (χ2n) is 8.15. The van der Waals surface area contributed by atoms with E-state index in [1.54, 1.807) is 0 Å². The number of rotatable bonds is 3. The lowest BCUT2D eigenvalue weighted by Crippen LogP contribution is -2.46. The minimum atomic E-state index is -0.0271. The number of carbonyl (C=O) groups is 1. The molecule has 0 radical (unpaired) electrons. The third-order valence-electron chi connectivity index (χ3n) is 6.19. The molecule has 1 aromatic heterocycles. The van der Waals surface area contributed by atoms with E-state index in [-0.39, 0.29) is 11.9 Å². The zero-order valence-electron chi connectivity index (χ0n) is 16.4. The van der Waals surface area contributed by atoms with Gasteiger partial charge in [-0.3, -0.25) is 9.69 Å².